The molecule has 28 heavy (non-hydrogen) atoms. The van der Waals surface area contributed by atoms with E-state index in [2.05, 4.69) is 34.9 Å². The third-order valence-corrected chi connectivity index (χ3v) is 5.44. The molecule has 3 heteroatoms. The van der Waals surface area contributed by atoms with Crippen molar-refractivity contribution in [1.82, 2.24) is 4.57 Å². The molecule has 0 aliphatic rings. The van der Waals surface area contributed by atoms with Crippen LogP contribution in [0.4, 0.5) is 0 Å². The highest BCUT2D eigenvalue weighted by Gasteiger charge is 2.18. The van der Waals surface area contributed by atoms with Crippen molar-refractivity contribution in [2.75, 3.05) is 0 Å². The van der Waals surface area contributed by atoms with Gasteiger partial charge in [-0.25, -0.2) is 4.79 Å². The number of benzene rings is 4. The molecule has 0 fully saturated rings. The van der Waals surface area contributed by atoms with Crippen molar-refractivity contribution in [2.24, 2.45) is 0 Å². The van der Waals surface area contributed by atoms with Gasteiger partial charge in [0.2, 0.25) is 0 Å². The lowest BCUT2D eigenvalue weighted by Crippen LogP contribution is -2.01. The Bertz CT molecular complexity index is 1570. The lowest BCUT2D eigenvalue weighted by Gasteiger charge is -2.08. The molecular weight excluding hydrogens is 346 g/mol. The predicted octanol–water partition coefficient (Wildman–Crippen LogP) is 6.04. The second-order valence-corrected chi connectivity index (χ2v) is 6.96. The fraction of sp³-hybridized carbons (Fsp3) is 0. The number of para-hydroxylation sites is 3. The van der Waals surface area contributed by atoms with E-state index in [1.165, 1.54) is 0 Å². The molecule has 0 atom stereocenters. The van der Waals surface area contributed by atoms with Gasteiger partial charge in [-0.15, -0.1) is 0 Å². The van der Waals surface area contributed by atoms with Crippen LogP contribution in [0.3, 0.4) is 0 Å². The standard InChI is InChI=1S/C25H15NO2/c27-25-24-18(17-10-5-7-13-22(17)28-25)14-15-21-23(24)19-11-4-6-12-20(19)26(21)16-8-2-1-3-9-16/h1-15H. The van der Waals surface area contributed by atoms with Gasteiger partial charge < -0.3 is 8.98 Å². The number of hydrogen-bond acceptors (Lipinski definition) is 2. The van der Waals surface area contributed by atoms with E-state index in [-0.39, 0.29) is 5.63 Å². The monoisotopic (exact) mass is 361 g/mol. The average Bonchev–Trinajstić information content (AvgIpc) is 3.09. The van der Waals surface area contributed by atoms with E-state index >= 15 is 0 Å². The first-order valence-electron chi connectivity index (χ1n) is 9.26. The van der Waals surface area contributed by atoms with Crippen LogP contribution in [0, 0.1) is 0 Å². The lowest BCUT2D eigenvalue weighted by molar-refractivity contribution is 0.570. The molecule has 6 aromatic rings. The van der Waals surface area contributed by atoms with Crippen LogP contribution in [0.2, 0.25) is 0 Å². The van der Waals surface area contributed by atoms with E-state index in [1.807, 2.05) is 60.7 Å². The van der Waals surface area contributed by atoms with E-state index in [0.717, 1.165) is 38.3 Å². The van der Waals surface area contributed by atoms with Crippen molar-refractivity contribution < 1.29 is 4.42 Å². The fourth-order valence-electron chi connectivity index (χ4n) is 4.28. The molecular formula is C25H15NO2. The minimum atomic E-state index is -0.296. The first-order chi connectivity index (χ1) is 13.8. The normalized spacial score (nSPS) is 11.7. The molecule has 0 aliphatic carbocycles. The smallest absolute Gasteiger partial charge is 0.344 e. The molecule has 0 N–H and O–H groups in total. The Morgan fingerprint density at radius 2 is 1.29 bits per heavy atom. The summed E-state index contributed by atoms with van der Waals surface area (Å²) in [7, 11) is 0. The molecule has 0 saturated heterocycles. The zero-order valence-corrected chi connectivity index (χ0v) is 14.9. The van der Waals surface area contributed by atoms with Crippen LogP contribution in [-0.2, 0) is 0 Å². The number of fused-ring (bicyclic) bond motifs is 7. The highest BCUT2D eigenvalue weighted by molar-refractivity contribution is 6.24. The van der Waals surface area contributed by atoms with Gasteiger partial charge >= 0.3 is 5.63 Å². The third-order valence-electron chi connectivity index (χ3n) is 5.44. The van der Waals surface area contributed by atoms with Crippen LogP contribution in [0.25, 0.3) is 49.2 Å². The molecule has 0 radical (unpaired) electrons. The topological polar surface area (TPSA) is 35.1 Å². The maximum Gasteiger partial charge on any atom is 0.344 e. The number of hydrogen-bond donors (Lipinski definition) is 0. The Hall–Kier alpha value is -3.85. The Morgan fingerprint density at radius 1 is 0.571 bits per heavy atom. The summed E-state index contributed by atoms with van der Waals surface area (Å²) in [5.74, 6) is 0. The van der Waals surface area contributed by atoms with E-state index in [1.54, 1.807) is 0 Å². The van der Waals surface area contributed by atoms with E-state index in [4.69, 9.17) is 4.42 Å². The van der Waals surface area contributed by atoms with Gasteiger partial charge in [0.1, 0.15) is 5.58 Å². The van der Waals surface area contributed by atoms with Gasteiger partial charge in [-0.2, -0.15) is 0 Å². The largest absolute Gasteiger partial charge is 0.422 e. The SMILES string of the molecule is O=c1oc2ccccc2c2ccc3c(c4ccccc4n3-c3ccccc3)c12. The summed E-state index contributed by atoms with van der Waals surface area (Å²) in [6.45, 7) is 0. The molecule has 0 amide bonds. The van der Waals surface area contributed by atoms with Gasteiger partial charge in [-0.3, -0.25) is 0 Å². The molecule has 4 aromatic carbocycles. The second-order valence-electron chi connectivity index (χ2n) is 6.96. The second kappa shape index (κ2) is 5.57. The van der Waals surface area contributed by atoms with E-state index in [0.29, 0.717) is 11.0 Å². The Morgan fingerprint density at radius 3 is 2.14 bits per heavy atom. The zero-order chi connectivity index (χ0) is 18.7. The van der Waals surface area contributed by atoms with Crippen molar-refractivity contribution in [1.29, 1.82) is 0 Å². The van der Waals surface area contributed by atoms with Gasteiger partial charge in [-0.1, -0.05) is 60.7 Å². The highest BCUT2D eigenvalue weighted by atomic mass is 16.4. The summed E-state index contributed by atoms with van der Waals surface area (Å²) in [5.41, 5.74) is 3.46. The Labute approximate surface area is 160 Å². The molecule has 0 bridgehead atoms. The van der Waals surface area contributed by atoms with Crippen LogP contribution in [0.15, 0.2) is 100 Å². The maximum atomic E-state index is 13.0. The number of nitrogens with zero attached hydrogens (tertiary/aromatic N) is 1. The first-order valence-corrected chi connectivity index (χ1v) is 9.26. The van der Waals surface area contributed by atoms with Crippen LogP contribution < -0.4 is 5.63 Å². The summed E-state index contributed by atoms with van der Waals surface area (Å²) in [4.78, 5) is 13.0. The molecule has 2 aromatic heterocycles. The molecule has 2 heterocycles. The van der Waals surface area contributed by atoms with E-state index < -0.39 is 0 Å². The summed E-state index contributed by atoms with van der Waals surface area (Å²) < 4.78 is 7.89. The van der Waals surface area contributed by atoms with Gasteiger partial charge in [-0.05, 0) is 30.3 Å². The predicted molar refractivity (Wildman–Crippen MR) is 114 cm³/mol. The minimum absolute atomic E-state index is 0.296. The molecule has 0 unspecified atom stereocenters. The summed E-state index contributed by atoms with van der Waals surface area (Å²) in [6.07, 6.45) is 0. The molecule has 0 saturated carbocycles. The Balaban J connectivity index is 1.92. The fourth-order valence-corrected chi connectivity index (χ4v) is 4.28. The maximum absolute atomic E-state index is 13.0. The highest BCUT2D eigenvalue weighted by Crippen LogP contribution is 2.37. The number of rotatable bonds is 1. The van der Waals surface area contributed by atoms with E-state index in [9.17, 15) is 4.79 Å². The van der Waals surface area contributed by atoms with Crippen LogP contribution in [0.5, 0.6) is 0 Å². The zero-order valence-electron chi connectivity index (χ0n) is 14.9. The van der Waals surface area contributed by atoms with Crippen molar-refractivity contribution in [3.05, 3.63) is 101 Å². The first kappa shape index (κ1) is 15.2. The minimum Gasteiger partial charge on any atom is -0.422 e. The van der Waals surface area contributed by atoms with Crippen molar-refractivity contribution in [2.45, 2.75) is 0 Å². The quantitative estimate of drug-likeness (QED) is 0.264. The van der Waals surface area contributed by atoms with Crippen LogP contribution in [-0.4, -0.2) is 4.57 Å². The molecule has 0 spiro atoms. The summed E-state index contributed by atoms with van der Waals surface area (Å²) >= 11 is 0. The number of aromatic nitrogens is 1. The average molecular weight is 361 g/mol. The van der Waals surface area contributed by atoms with Gasteiger partial charge in [0.05, 0.1) is 16.4 Å². The molecule has 6 rings (SSSR count). The van der Waals surface area contributed by atoms with Crippen molar-refractivity contribution >= 4 is 43.5 Å². The molecule has 132 valence electrons. The van der Waals surface area contributed by atoms with Crippen LogP contribution >= 0.6 is 0 Å². The van der Waals surface area contributed by atoms with Gasteiger partial charge in [0.15, 0.2) is 0 Å². The van der Waals surface area contributed by atoms with Crippen molar-refractivity contribution in [3.63, 3.8) is 0 Å². The summed E-state index contributed by atoms with van der Waals surface area (Å²) in [5, 5.41) is 4.51. The van der Waals surface area contributed by atoms with Crippen LogP contribution in [0.1, 0.15) is 0 Å². The van der Waals surface area contributed by atoms with Crippen molar-refractivity contribution in [3.8, 4) is 5.69 Å². The Kier molecular flexibility index (Phi) is 3.03. The lowest BCUT2D eigenvalue weighted by atomic mass is 10.0. The summed E-state index contributed by atoms with van der Waals surface area (Å²) in [6, 6.07) is 30.3. The molecule has 3 nitrogen and oxygen atoms in total. The molecule has 0 aliphatic heterocycles. The van der Waals surface area contributed by atoms with Gasteiger partial charge in [0.25, 0.3) is 0 Å². The third kappa shape index (κ3) is 1.96. The van der Waals surface area contributed by atoms with Gasteiger partial charge in [0, 0.05) is 27.2 Å².